The lowest BCUT2D eigenvalue weighted by molar-refractivity contribution is -0.115. The van der Waals surface area contributed by atoms with Crippen molar-refractivity contribution in [2.45, 2.75) is 13.8 Å². The number of rotatable bonds is 5. The summed E-state index contributed by atoms with van der Waals surface area (Å²) in [6, 6.07) is 8.77. The first kappa shape index (κ1) is 19.6. The van der Waals surface area contributed by atoms with Gasteiger partial charge in [0.2, 0.25) is 5.91 Å². The zero-order valence-corrected chi connectivity index (χ0v) is 16.0. The fraction of sp³-hybridized carbons (Fsp3) is 0.150. The number of hydrogen-bond acceptors (Lipinski definition) is 4. The van der Waals surface area contributed by atoms with Crippen molar-refractivity contribution < 1.29 is 18.4 Å². The number of benzene rings is 2. The molecule has 0 saturated heterocycles. The van der Waals surface area contributed by atoms with Crippen LogP contribution < -0.4 is 10.6 Å². The number of hydrogen-bond donors (Lipinski definition) is 2. The van der Waals surface area contributed by atoms with Crippen LogP contribution in [0.5, 0.6) is 0 Å². The van der Waals surface area contributed by atoms with Gasteiger partial charge in [-0.1, -0.05) is 6.07 Å². The summed E-state index contributed by atoms with van der Waals surface area (Å²) in [6.45, 7) is 3.64. The molecule has 3 rings (SSSR count). The second-order valence-corrected chi connectivity index (χ2v) is 7.05. The van der Waals surface area contributed by atoms with Gasteiger partial charge in [0.15, 0.2) is 16.8 Å². The Labute approximate surface area is 164 Å². The maximum atomic E-state index is 13.3. The lowest BCUT2D eigenvalue weighted by atomic mass is 10.1. The highest BCUT2D eigenvalue weighted by atomic mass is 32.1. The van der Waals surface area contributed by atoms with E-state index in [0.29, 0.717) is 22.0 Å². The minimum Gasteiger partial charge on any atom is -0.343 e. The molecule has 5 nitrogen and oxygen atoms in total. The van der Waals surface area contributed by atoms with Crippen molar-refractivity contribution in [3.05, 3.63) is 70.1 Å². The largest absolute Gasteiger partial charge is 0.343 e. The molecule has 0 aliphatic rings. The Morgan fingerprint density at radius 1 is 1.04 bits per heavy atom. The van der Waals surface area contributed by atoms with E-state index in [9.17, 15) is 18.4 Å². The van der Waals surface area contributed by atoms with Gasteiger partial charge in [-0.25, -0.2) is 13.8 Å². The summed E-state index contributed by atoms with van der Waals surface area (Å²) in [5.74, 6) is -2.69. The molecule has 8 heteroatoms. The highest BCUT2D eigenvalue weighted by molar-refractivity contribution is 7.14. The molecule has 0 aliphatic heterocycles. The van der Waals surface area contributed by atoms with Crippen molar-refractivity contribution in [3.63, 3.8) is 0 Å². The summed E-state index contributed by atoms with van der Waals surface area (Å²) in [4.78, 5) is 28.4. The van der Waals surface area contributed by atoms with Crippen LogP contribution in [0.3, 0.4) is 0 Å². The van der Waals surface area contributed by atoms with E-state index in [0.717, 1.165) is 34.6 Å². The molecule has 0 atom stereocenters. The van der Waals surface area contributed by atoms with Crippen molar-refractivity contribution in [3.8, 4) is 11.3 Å². The molecule has 2 N–H and O–H groups in total. The third-order valence-corrected chi connectivity index (χ3v) is 4.90. The van der Waals surface area contributed by atoms with Gasteiger partial charge in [-0.2, -0.15) is 0 Å². The van der Waals surface area contributed by atoms with Gasteiger partial charge in [0.1, 0.15) is 0 Å². The minimum atomic E-state index is -0.967. The molecule has 0 radical (unpaired) electrons. The van der Waals surface area contributed by atoms with Crippen molar-refractivity contribution in [1.29, 1.82) is 0 Å². The summed E-state index contributed by atoms with van der Waals surface area (Å²) in [7, 11) is 0. The SMILES string of the molecule is Cc1ccc(C(=O)NCC(=O)Nc2nc(-c3ccc(F)c(F)c3)cs2)cc1C. The van der Waals surface area contributed by atoms with Gasteiger partial charge in [-0.05, 0) is 55.3 Å². The number of anilines is 1. The number of nitrogens with zero attached hydrogens (tertiary/aromatic N) is 1. The van der Waals surface area contributed by atoms with Gasteiger partial charge in [0.25, 0.3) is 5.91 Å². The first-order valence-corrected chi connectivity index (χ1v) is 9.27. The minimum absolute atomic E-state index is 0.216. The summed E-state index contributed by atoms with van der Waals surface area (Å²) in [5.41, 5.74) is 3.36. The van der Waals surface area contributed by atoms with Crippen LogP contribution in [0, 0.1) is 25.5 Å². The number of thiazole rings is 1. The van der Waals surface area contributed by atoms with Gasteiger partial charge in [-0.3, -0.25) is 9.59 Å². The Hall–Kier alpha value is -3.13. The fourth-order valence-corrected chi connectivity index (χ4v) is 3.16. The van der Waals surface area contributed by atoms with Crippen molar-refractivity contribution >= 4 is 28.3 Å². The maximum Gasteiger partial charge on any atom is 0.251 e. The molecule has 0 saturated carbocycles. The smallest absolute Gasteiger partial charge is 0.251 e. The van der Waals surface area contributed by atoms with Crippen LogP contribution in [0.4, 0.5) is 13.9 Å². The van der Waals surface area contributed by atoms with Crippen LogP contribution in [0.2, 0.25) is 0 Å². The molecule has 2 aromatic carbocycles. The standard InChI is InChI=1S/C20H17F2N3O2S/c1-11-3-4-14(7-12(11)2)19(27)23-9-18(26)25-20-24-17(10-28-20)13-5-6-15(21)16(22)8-13/h3-8,10H,9H2,1-2H3,(H,23,27)(H,24,25,26). The summed E-state index contributed by atoms with van der Waals surface area (Å²) >= 11 is 1.14. The van der Waals surface area contributed by atoms with Gasteiger partial charge >= 0.3 is 0 Å². The zero-order chi connectivity index (χ0) is 20.3. The van der Waals surface area contributed by atoms with E-state index < -0.39 is 17.5 Å². The number of carbonyl (C=O) groups is 2. The predicted molar refractivity (Wildman–Crippen MR) is 104 cm³/mol. The quantitative estimate of drug-likeness (QED) is 0.677. The van der Waals surface area contributed by atoms with Gasteiger partial charge in [0.05, 0.1) is 12.2 Å². The monoisotopic (exact) mass is 401 g/mol. The topological polar surface area (TPSA) is 71.1 Å². The van der Waals surface area contributed by atoms with Gasteiger partial charge in [0, 0.05) is 16.5 Å². The molecule has 1 aromatic heterocycles. The maximum absolute atomic E-state index is 13.3. The van der Waals surface area contributed by atoms with Crippen LogP contribution in [-0.2, 0) is 4.79 Å². The number of aryl methyl sites for hydroxylation is 2. The highest BCUT2D eigenvalue weighted by Crippen LogP contribution is 2.26. The van der Waals surface area contributed by atoms with Crippen LogP contribution >= 0.6 is 11.3 Å². The molecule has 28 heavy (non-hydrogen) atoms. The average molecular weight is 401 g/mol. The lowest BCUT2D eigenvalue weighted by Gasteiger charge is -2.07. The van der Waals surface area contributed by atoms with Gasteiger partial charge in [-0.15, -0.1) is 11.3 Å². The van der Waals surface area contributed by atoms with Crippen LogP contribution in [0.1, 0.15) is 21.5 Å². The van der Waals surface area contributed by atoms with Crippen molar-refractivity contribution in [2.75, 3.05) is 11.9 Å². The van der Waals surface area contributed by atoms with Crippen molar-refractivity contribution in [2.24, 2.45) is 0 Å². The Bertz CT molecular complexity index is 1050. The normalized spacial score (nSPS) is 10.6. The van der Waals surface area contributed by atoms with Gasteiger partial charge < -0.3 is 10.6 Å². The number of nitrogens with one attached hydrogen (secondary N) is 2. The number of aromatic nitrogens is 1. The van der Waals surface area contributed by atoms with E-state index >= 15 is 0 Å². The second-order valence-electron chi connectivity index (χ2n) is 6.20. The van der Waals surface area contributed by atoms with Crippen LogP contribution in [0.15, 0.2) is 41.8 Å². The van der Waals surface area contributed by atoms with E-state index in [-0.39, 0.29) is 12.5 Å². The molecular formula is C20H17F2N3O2S. The van der Waals surface area contributed by atoms with E-state index in [2.05, 4.69) is 15.6 Å². The van der Waals surface area contributed by atoms with Crippen LogP contribution in [0.25, 0.3) is 11.3 Å². The van der Waals surface area contributed by atoms with E-state index in [1.165, 1.54) is 6.07 Å². The molecule has 2 amide bonds. The molecule has 0 bridgehead atoms. The third kappa shape index (κ3) is 4.58. The average Bonchev–Trinajstić information content (AvgIpc) is 3.12. The predicted octanol–water partition coefficient (Wildman–Crippen LogP) is 4.07. The number of carbonyl (C=O) groups excluding carboxylic acids is 2. The molecule has 0 spiro atoms. The highest BCUT2D eigenvalue weighted by Gasteiger charge is 2.12. The molecule has 1 heterocycles. The molecular weight excluding hydrogens is 384 g/mol. The Kier molecular flexibility index (Phi) is 5.79. The molecule has 144 valence electrons. The second kappa shape index (κ2) is 8.26. The fourth-order valence-electron chi connectivity index (χ4n) is 2.43. The van der Waals surface area contributed by atoms with Crippen molar-refractivity contribution in [1.82, 2.24) is 10.3 Å². The Morgan fingerprint density at radius 3 is 2.54 bits per heavy atom. The van der Waals surface area contributed by atoms with E-state index in [1.54, 1.807) is 17.5 Å². The molecule has 0 fully saturated rings. The summed E-state index contributed by atoms with van der Waals surface area (Å²) < 4.78 is 26.4. The summed E-state index contributed by atoms with van der Waals surface area (Å²) in [5, 5.41) is 7.04. The third-order valence-electron chi connectivity index (χ3n) is 4.14. The lowest BCUT2D eigenvalue weighted by Crippen LogP contribution is -2.32. The Morgan fingerprint density at radius 2 is 1.82 bits per heavy atom. The molecule has 3 aromatic rings. The Balaban J connectivity index is 1.58. The van der Waals surface area contributed by atoms with E-state index in [4.69, 9.17) is 0 Å². The number of amides is 2. The van der Waals surface area contributed by atoms with E-state index in [1.807, 2.05) is 19.9 Å². The number of halogens is 2. The molecule has 0 unspecified atom stereocenters. The summed E-state index contributed by atoms with van der Waals surface area (Å²) in [6.07, 6.45) is 0. The zero-order valence-electron chi connectivity index (χ0n) is 15.2. The first-order valence-electron chi connectivity index (χ1n) is 8.40. The first-order chi connectivity index (χ1) is 13.3. The van der Waals surface area contributed by atoms with Crippen LogP contribution in [-0.4, -0.2) is 23.3 Å². The molecule has 0 aliphatic carbocycles.